The van der Waals surface area contributed by atoms with Crippen LogP contribution in [0.25, 0.3) is 0 Å². The molecule has 1 aliphatic rings. The Morgan fingerprint density at radius 2 is 2.14 bits per heavy atom. The summed E-state index contributed by atoms with van der Waals surface area (Å²) in [5.41, 5.74) is 4.01. The van der Waals surface area contributed by atoms with Crippen molar-refractivity contribution in [2.45, 2.75) is 52.5 Å². The minimum Gasteiger partial charge on any atom is -0.349 e. The SMILES string of the molecule is CCc1cc(C(=O)NC2CCC(CC)C2C)cc(NN)n1. The van der Waals surface area contributed by atoms with Crippen LogP contribution in [0.4, 0.5) is 5.82 Å². The Hall–Kier alpha value is -1.62. The molecule has 0 bridgehead atoms. The molecule has 5 heteroatoms. The molecule has 0 aliphatic heterocycles. The molecule has 1 fully saturated rings. The summed E-state index contributed by atoms with van der Waals surface area (Å²) in [6, 6.07) is 3.81. The summed E-state index contributed by atoms with van der Waals surface area (Å²) >= 11 is 0. The van der Waals surface area contributed by atoms with E-state index in [1.165, 1.54) is 12.8 Å². The van der Waals surface area contributed by atoms with Crippen LogP contribution in [0, 0.1) is 11.8 Å². The third-order valence-corrected chi connectivity index (χ3v) is 4.72. The van der Waals surface area contributed by atoms with Gasteiger partial charge in [0, 0.05) is 17.3 Å². The first-order valence-corrected chi connectivity index (χ1v) is 7.87. The van der Waals surface area contributed by atoms with Gasteiger partial charge in [0.15, 0.2) is 0 Å². The molecule has 0 aromatic carbocycles. The highest BCUT2D eigenvalue weighted by molar-refractivity contribution is 5.95. The topological polar surface area (TPSA) is 80.0 Å². The zero-order valence-corrected chi connectivity index (χ0v) is 13.1. The lowest BCUT2D eigenvalue weighted by Crippen LogP contribution is -2.37. The van der Waals surface area contributed by atoms with Crippen LogP contribution in [0.2, 0.25) is 0 Å². The first kappa shape index (κ1) is 15.8. The summed E-state index contributed by atoms with van der Waals surface area (Å²) in [4.78, 5) is 16.8. The molecule has 0 spiro atoms. The highest BCUT2D eigenvalue weighted by atomic mass is 16.1. The van der Waals surface area contributed by atoms with Gasteiger partial charge in [-0.15, -0.1) is 0 Å². The van der Waals surface area contributed by atoms with Gasteiger partial charge in [0.25, 0.3) is 5.91 Å². The number of hydrazine groups is 1. The Bertz CT molecular complexity index is 481. The number of rotatable bonds is 5. The Labute approximate surface area is 126 Å². The number of nitrogens with two attached hydrogens (primary N) is 1. The fourth-order valence-electron chi connectivity index (χ4n) is 3.25. The van der Waals surface area contributed by atoms with Gasteiger partial charge in [-0.3, -0.25) is 4.79 Å². The molecule has 3 unspecified atom stereocenters. The summed E-state index contributed by atoms with van der Waals surface area (Å²) in [6.07, 6.45) is 4.23. The maximum Gasteiger partial charge on any atom is 0.251 e. The van der Waals surface area contributed by atoms with E-state index in [9.17, 15) is 4.79 Å². The van der Waals surface area contributed by atoms with Crippen LogP contribution in [0.5, 0.6) is 0 Å². The van der Waals surface area contributed by atoms with Crippen molar-refractivity contribution in [2.24, 2.45) is 17.7 Å². The molecule has 3 atom stereocenters. The van der Waals surface area contributed by atoms with Gasteiger partial charge in [0.1, 0.15) is 5.82 Å². The molecule has 1 aromatic heterocycles. The molecule has 2 rings (SSSR count). The van der Waals surface area contributed by atoms with Gasteiger partial charge in [0.05, 0.1) is 0 Å². The predicted molar refractivity (Wildman–Crippen MR) is 84.9 cm³/mol. The largest absolute Gasteiger partial charge is 0.349 e. The molecule has 1 saturated carbocycles. The van der Waals surface area contributed by atoms with E-state index in [0.29, 0.717) is 17.3 Å². The number of carbonyl (C=O) groups is 1. The Kier molecular flexibility index (Phi) is 5.17. The summed E-state index contributed by atoms with van der Waals surface area (Å²) < 4.78 is 0. The van der Waals surface area contributed by atoms with E-state index in [1.54, 1.807) is 6.07 Å². The van der Waals surface area contributed by atoms with Gasteiger partial charge in [0.2, 0.25) is 0 Å². The van der Waals surface area contributed by atoms with Crippen LogP contribution in [-0.4, -0.2) is 16.9 Å². The highest BCUT2D eigenvalue weighted by Gasteiger charge is 2.32. The number of nitrogen functional groups attached to an aromatic ring is 1. The third-order valence-electron chi connectivity index (χ3n) is 4.72. The second-order valence-corrected chi connectivity index (χ2v) is 5.92. The number of hydrogen-bond acceptors (Lipinski definition) is 4. The molecule has 1 aromatic rings. The average Bonchev–Trinajstić information content (AvgIpc) is 2.86. The maximum atomic E-state index is 12.5. The molecule has 1 amide bonds. The van der Waals surface area contributed by atoms with Gasteiger partial charge in [-0.2, -0.15) is 0 Å². The minimum absolute atomic E-state index is 0.0304. The second-order valence-electron chi connectivity index (χ2n) is 5.92. The lowest BCUT2D eigenvalue weighted by molar-refractivity contribution is 0.0926. The zero-order chi connectivity index (χ0) is 15.4. The van der Waals surface area contributed by atoms with Crippen molar-refractivity contribution < 1.29 is 4.79 Å². The Morgan fingerprint density at radius 3 is 2.71 bits per heavy atom. The van der Waals surface area contributed by atoms with Crippen LogP contribution < -0.4 is 16.6 Å². The van der Waals surface area contributed by atoms with Crippen molar-refractivity contribution in [3.05, 3.63) is 23.4 Å². The minimum atomic E-state index is -0.0304. The van der Waals surface area contributed by atoms with E-state index < -0.39 is 0 Å². The summed E-state index contributed by atoms with van der Waals surface area (Å²) in [7, 11) is 0. The van der Waals surface area contributed by atoms with Crippen LogP contribution in [0.1, 0.15) is 56.1 Å². The number of aromatic nitrogens is 1. The number of amides is 1. The Morgan fingerprint density at radius 1 is 1.38 bits per heavy atom. The molecule has 1 heterocycles. The summed E-state index contributed by atoms with van der Waals surface area (Å²) in [5.74, 6) is 7.19. The molecule has 0 saturated heterocycles. The van der Waals surface area contributed by atoms with E-state index in [2.05, 4.69) is 29.6 Å². The average molecular weight is 290 g/mol. The van der Waals surface area contributed by atoms with Crippen LogP contribution in [0.15, 0.2) is 12.1 Å². The molecule has 5 nitrogen and oxygen atoms in total. The fourth-order valence-corrected chi connectivity index (χ4v) is 3.25. The summed E-state index contributed by atoms with van der Waals surface area (Å²) in [6.45, 7) is 6.47. The molecular formula is C16H26N4O. The van der Waals surface area contributed by atoms with E-state index >= 15 is 0 Å². The highest BCUT2D eigenvalue weighted by Crippen LogP contribution is 2.34. The number of aryl methyl sites for hydroxylation is 1. The molecule has 0 radical (unpaired) electrons. The second kappa shape index (κ2) is 6.89. The number of pyridine rings is 1. The van der Waals surface area contributed by atoms with Gasteiger partial charge >= 0.3 is 0 Å². The number of carbonyl (C=O) groups excluding carboxylic acids is 1. The van der Waals surface area contributed by atoms with Crippen molar-refractivity contribution in [1.29, 1.82) is 0 Å². The number of nitrogens with zero attached hydrogens (tertiary/aromatic N) is 1. The quantitative estimate of drug-likeness (QED) is 0.575. The standard InChI is InChI=1S/C16H26N4O/c1-4-11-6-7-14(10(11)3)19-16(21)12-8-13(5-2)18-15(9-12)20-17/h8-11,14H,4-7,17H2,1-3H3,(H,18,20)(H,19,21). The lowest BCUT2D eigenvalue weighted by atomic mass is 9.93. The normalized spacial score (nSPS) is 24.9. The third kappa shape index (κ3) is 3.53. The van der Waals surface area contributed by atoms with Gasteiger partial charge in [-0.05, 0) is 43.2 Å². The van der Waals surface area contributed by atoms with Gasteiger partial charge < -0.3 is 10.7 Å². The molecule has 1 aliphatic carbocycles. The number of nitrogens with one attached hydrogen (secondary N) is 2. The predicted octanol–water partition coefficient (Wildman–Crippen LogP) is 2.48. The lowest BCUT2D eigenvalue weighted by Gasteiger charge is -2.21. The first-order valence-electron chi connectivity index (χ1n) is 7.87. The Balaban J connectivity index is 2.10. The van der Waals surface area contributed by atoms with Gasteiger partial charge in [-0.1, -0.05) is 27.2 Å². The maximum absolute atomic E-state index is 12.5. The zero-order valence-electron chi connectivity index (χ0n) is 13.1. The number of hydrogen-bond donors (Lipinski definition) is 3. The molecular weight excluding hydrogens is 264 g/mol. The van der Waals surface area contributed by atoms with Gasteiger partial charge in [-0.25, -0.2) is 10.8 Å². The van der Waals surface area contributed by atoms with Crippen LogP contribution in [-0.2, 0) is 6.42 Å². The summed E-state index contributed by atoms with van der Waals surface area (Å²) in [5, 5.41) is 3.18. The first-order chi connectivity index (χ1) is 10.1. The molecule has 4 N–H and O–H groups in total. The van der Waals surface area contributed by atoms with Crippen molar-refractivity contribution in [3.8, 4) is 0 Å². The fraction of sp³-hybridized carbons (Fsp3) is 0.625. The van der Waals surface area contributed by atoms with E-state index in [4.69, 9.17) is 5.84 Å². The molecule has 21 heavy (non-hydrogen) atoms. The van der Waals surface area contributed by atoms with Crippen molar-refractivity contribution in [3.63, 3.8) is 0 Å². The van der Waals surface area contributed by atoms with E-state index in [1.807, 2.05) is 13.0 Å². The van der Waals surface area contributed by atoms with Crippen molar-refractivity contribution >= 4 is 11.7 Å². The van der Waals surface area contributed by atoms with E-state index in [-0.39, 0.29) is 11.9 Å². The number of anilines is 1. The van der Waals surface area contributed by atoms with E-state index in [0.717, 1.165) is 24.5 Å². The van der Waals surface area contributed by atoms with Crippen molar-refractivity contribution in [1.82, 2.24) is 10.3 Å². The molecule has 116 valence electrons. The smallest absolute Gasteiger partial charge is 0.251 e. The van der Waals surface area contributed by atoms with Crippen LogP contribution >= 0.6 is 0 Å². The monoisotopic (exact) mass is 290 g/mol. The van der Waals surface area contributed by atoms with Crippen molar-refractivity contribution in [2.75, 3.05) is 5.43 Å². The van der Waals surface area contributed by atoms with Crippen LogP contribution in [0.3, 0.4) is 0 Å².